The summed E-state index contributed by atoms with van der Waals surface area (Å²) >= 11 is 0. The summed E-state index contributed by atoms with van der Waals surface area (Å²) in [6.07, 6.45) is -0.0949. The van der Waals surface area contributed by atoms with E-state index in [1.54, 1.807) is 0 Å². The molecule has 40 valence electrons. The molecular formula is C2H4N2O3. The molecule has 0 atom stereocenters. The van der Waals surface area contributed by atoms with Crippen LogP contribution < -0.4 is 5.73 Å². The molecule has 0 radical (unpaired) electrons. The molecule has 7 heavy (non-hydrogen) atoms. The third-order valence-corrected chi connectivity index (χ3v) is 0.326. The molecule has 0 spiro atoms. The third-order valence-electron chi connectivity index (χ3n) is 0.326. The Morgan fingerprint density at radius 2 is 2.29 bits per heavy atom. The number of primary amides is 1. The van der Waals surface area contributed by atoms with E-state index >= 15 is 0 Å². The van der Waals surface area contributed by atoms with Gasteiger partial charge in [-0.05, 0) is 0 Å². The van der Waals surface area contributed by atoms with E-state index in [9.17, 15) is 9.59 Å². The van der Waals surface area contributed by atoms with E-state index in [2.05, 4.69) is 5.73 Å². The summed E-state index contributed by atoms with van der Waals surface area (Å²) in [4.78, 5) is 18.9. The van der Waals surface area contributed by atoms with Crippen LogP contribution in [0.3, 0.4) is 0 Å². The second-order valence-electron chi connectivity index (χ2n) is 0.788. The molecule has 5 nitrogen and oxygen atoms in total. The van der Waals surface area contributed by atoms with Crippen LogP contribution in [0.15, 0.2) is 0 Å². The molecule has 0 aliphatic heterocycles. The fourth-order valence-corrected chi connectivity index (χ4v) is 0.0519. The van der Waals surface area contributed by atoms with Crippen LogP contribution >= 0.6 is 0 Å². The predicted molar refractivity (Wildman–Crippen MR) is 19.3 cm³/mol. The number of hydroxylamine groups is 2. The van der Waals surface area contributed by atoms with Crippen LogP contribution in [0.25, 0.3) is 0 Å². The Kier molecular flexibility index (Phi) is 1.80. The molecule has 0 aliphatic rings. The second kappa shape index (κ2) is 2.14. The van der Waals surface area contributed by atoms with Crippen molar-refractivity contribution in [1.29, 1.82) is 0 Å². The molecule has 0 fully saturated rings. The van der Waals surface area contributed by atoms with Gasteiger partial charge in [0, 0.05) is 0 Å². The van der Waals surface area contributed by atoms with Crippen molar-refractivity contribution in [3.63, 3.8) is 0 Å². The first-order chi connectivity index (χ1) is 3.18. The predicted octanol–water partition coefficient (Wildman–Crippen LogP) is -1.09. The number of amides is 3. The number of nitrogens with zero attached hydrogens (tertiary/aromatic N) is 1. The highest BCUT2D eigenvalue weighted by Gasteiger charge is 1.98. The molecule has 0 unspecified atom stereocenters. The third kappa shape index (κ3) is 1.72. The van der Waals surface area contributed by atoms with E-state index in [1.165, 1.54) is 0 Å². The maximum absolute atomic E-state index is 9.60. The minimum absolute atomic E-state index is 0.0949. The van der Waals surface area contributed by atoms with Gasteiger partial charge < -0.3 is 5.73 Å². The van der Waals surface area contributed by atoms with E-state index in [0.717, 1.165) is 0 Å². The van der Waals surface area contributed by atoms with Crippen LogP contribution in [0.1, 0.15) is 0 Å². The van der Waals surface area contributed by atoms with E-state index in [4.69, 9.17) is 5.21 Å². The van der Waals surface area contributed by atoms with Crippen molar-refractivity contribution < 1.29 is 14.8 Å². The van der Waals surface area contributed by atoms with Gasteiger partial charge in [0.2, 0.25) is 6.41 Å². The van der Waals surface area contributed by atoms with Crippen molar-refractivity contribution in [3.05, 3.63) is 0 Å². The number of carbonyl (C=O) groups excluding carboxylic acids is 2. The lowest BCUT2D eigenvalue weighted by Crippen LogP contribution is -2.30. The number of carbonyl (C=O) groups is 2. The van der Waals surface area contributed by atoms with Crippen LogP contribution in [0.2, 0.25) is 0 Å². The van der Waals surface area contributed by atoms with Gasteiger partial charge in [-0.3, -0.25) is 10.0 Å². The van der Waals surface area contributed by atoms with Gasteiger partial charge in [0.1, 0.15) is 0 Å². The van der Waals surface area contributed by atoms with Crippen molar-refractivity contribution in [2.75, 3.05) is 0 Å². The fourth-order valence-electron chi connectivity index (χ4n) is 0.0519. The number of nitrogens with two attached hydrogens (primary N) is 1. The van der Waals surface area contributed by atoms with E-state index in [-0.39, 0.29) is 11.5 Å². The highest BCUT2D eigenvalue weighted by molar-refractivity contribution is 5.81. The Bertz CT molecular complexity index is 90.9. The van der Waals surface area contributed by atoms with Crippen molar-refractivity contribution in [3.8, 4) is 0 Å². The number of urea groups is 1. The summed E-state index contributed by atoms with van der Waals surface area (Å²) in [5.74, 6) is 0. The smallest absolute Gasteiger partial charge is 0.345 e. The second-order valence-corrected chi connectivity index (χ2v) is 0.788. The topological polar surface area (TPSA) is 83.6 Å². The minimum Gasteiger partial charge on any atom is -0.349 e. The first-order valence-corrected chi connectivity index (χ1v) is 1.41. The molecule has 5 heteroatoms. The standard InChI is InChI=1S/C2H4N2O3/c3-2(6)4(7)1-5/h1,7H,(H2,3,6). The van der Waals surface area contributed by atoms with Gasteiger partial charge in [0.05, 0.1) is 0 Å². The van der Waals surface area contributed by atoms with Crippen LogP contribution in [0.5, 0.6) is 0 Å². The number of rotatable bonds is 1. The fraction of sp³-hybridized carbons (Fsp3) is 0. The minimum atomic E-state index is -1.19. The van der Waals surface area contributed by atoms with Crippen molar-refractivity contribution in [1.82, 2.24) is 5.06 Å². The lowest BCUT2D eigenvalue weighted by atomic mass is 11.0. The molecular weight excluding hydrogens is 100 g/mol. The Morgan fingerprint density at radius 1 is 1.86 bits per heavy atom. The Labute approximate surface area is 39.3 Å². The summed E-state index contributed by atoms with van der Waals surface area (Å²) in [6, 6.07) is -1.19. The SMILES string of the molecule is NC(=O)N(O)C=O. The molecule has 0 saturated carbocycles. The van der Waals surface area contributed by atoms with Crippen LogP contribution in [0, 0.1) is 0 Å². The highest BCUT2D eigenvalue weighted by atomic mass is 16.5. The average molecular weight is 104 g/mol. The van der Waals surface area contributed by atoms with E-state index in [0.29, 0.717) is 0 Å². The highest BCUT2D eigenvalue weighted by Crippen LogP contribution is 1.67. The van der Waals surface area contributed by atoms with Crippen molar-refractivity contribution in [2.24, 2.45) is 5.73 Å². The maximum Gasteiger partial charge on any atom is 0.345 e. The van der Waals surface area contributed by atoms with Crippen LogP contribution in [-0.2, 0) is 4.79 Å². The monoisotopic (exact) mass is 104 g/mol. The van der Waals surface area contributed by atoms with Gasteiger partial charge in [-0.15, -0.1) is 5.06 Å². The van der Waals surface area contributed by atoms with E-state index in [1.807, 2.05) is 0 Å². The number of hydrogen-bond donors (Lipinski definition) is 2. The molecule has 3 N–H and O–H groups in total. The normalized spacial score (nSPS) is 7.57. The van der Waals surface area contributed by atoms with Crippen molar-refractivity contribution in [2.45, 2.75) is 0 Å². The molecule has 0 rings (SSSR count). The molecule has 3 amide bonds. The molecule has 0 saturated heterocycles. The van der Waals surface area contributed by atoms with Crippen LogP contribution in [0.4, 0.5) is 4.79 Å². The number of imide groups is 1. The van der Waals surface area contributed by atoms with Gasteiger partial charge >= 0.3 is 6.03 Å². The Balaban J connectivity index is 3.55. The first-order valence-electron chi connectivity index (χ1n) is 1.41. The summed E-state index contributed by atoms with van der Waals surface area (Å²) in [7, 11) is 0. The molecule has 0 heterocycles. The zero-order chi connectivity index (χ0) is 5.86. The number of hydrogen-bond acceptors (Lipinski definition) is 3. The summed E-state index contributed by atoms with van der Waals surface area (Å²) < 4.78 is 0. The Hall–Kier alpha value is -1.10. The van der Waals surface area contributed by atoms with Crippen LogP contribution in [-0.4, -0.2) is 22.7 Å². The van der Waals surface area contributed by atoms with Crippen molar-refractivity contribution >= 4 is 12.4 Å². The van der Waals surface area contributed by atoms with Gasteiger partial charge in [0.25, 0.3) is 0 Å². The van der Waals surface area contributed by atoms with Gasteiger partial charge in [-0.1, -0.05) is 0 Å². The maximum atomic E-state index is 9.60. The quantitative estimate of drug-likeness (QED) is 0.252. The largest absolute Gasteiger partial charge is 0.349 e. The van der Waals surface area contributed by atoms with Gasteiger partial charge in [0.15, 0.2) is 0 Å². The first kappa shape index (κ1) is 5.90. The molecule has 0 bridgehead atoms. The summed E-state index contributed by atoms with van der Waals surface area (Å²) in [6.45, 7) is 0. The zero-order valence-corrected chi connectivity index (χ0v) is 3.37. The van der Waals surface area contributed by atoms with E-state index < -0.39 is 6.03 Å². The summed E-state index contributed by atoms with van der Waals surface area (Å²) in [5.41, 5.74) is 4.35. The zero-order valence-electron chi connectivity index (χ0n) is 3.37. The molecule has 0 aromatic carbocycles. The lowest BCUT2D eigenvalue weighted by Gasteiger charge is -1.97. The van der Waals surface area contributed by atoms with Gasteiger partial charge in [-0.2, -0.15) is 0 Å². The van der Waals surface area contributed by atoms with Gasteiger partial charge in [-0.25, -0.2) is 4.79 Å². The average Bonchev–Trinajstić information content (AvgIpc) is 1.65. The molecule has 0 aromatic heterocycles. The Morgan fingerprint density at radius 3 is 2.29 bits per heavy atom. The molecule has 0 aliphatic carbocycles. The lowest BCUT2D eigenvalue weighted by molar-refractivity contribution is -0.137. The molecule has 0 aromatic rings. The summed E-state index contributed by atoms with van der Waals surface area (Å²) in [5, 5.41) is 7.68.